The van der Waals surface area contributed by atoms with Crippen LogP contribution in [0.5, 0.6) is 5.75 Å². The summed E-state index contributed by atoms with van der Waals surface area (Å²) in [7, 11) is 1.71. The molecule has 1 aromatic rings. The van der Waals surface area contributed by atoms with Crippen LogP contribution in [0.25, 0.3) is 0 Å². The molecule has 1 atom stereocenters. The number of ether oxygens (including phenoxy) is 1. The average Bonchev–Trinajstić information content (AvgIpc) is 2.71. The maximum Gasteiger partial charge on any atom is 0.119 e. The summed E-state index contributed by atoms with van der Waals surface area (Å²) in [5, 5.41) is 3.37. The maximum atomic E-state index is 5.19. The van der Waals surface area contributed by atoms with Crippen molar-refractivity contribution in [3.63, 3.8) is 0 Å². The van der Waals surface area contributed by atoms with Crippen molar-refractivity contribution in [2.75, 3.05) is 20.2 Å². The van der Waals surface area contributed by atoms with E-state index in [1.165, 1.54) is 12.0 Å². The molecule has 78 valence electrons. The monoisotopic (exact) mass is 213 g/mol. The third-order valence-electron chi connectivity index (χ3n) is 2.63. The first-order valence-electron chi connectivity index (χ1n) is 4.75. The molecule has 2 rings (SSSR count). The van der Waals surface area contributed by atoms with Gasteiger partial charge in [-0.05, 0) is 36.6 Å². The highest BCUT2D eigenvalue weighted by atomic mass is 35.5. The van der Waals surface area contributed by atoms with Crippen LogP contribution in [0.3, 0.4) is 0 Å². The second-order valence-electron chi connectivity index (χ2n) is 3.47. The standard InChI is InChI=1S/C11H15NO.ClH/c1-13-11-4-2-3-9(7-11)10-5-6-12-8-10;/h2-4,7,10,12H,5-6,8H2,1H3;1H/t10-;/m0./s1. The molecule has 1 aliphatic rings. The zero-order valence-corrected chi connectivity index (χ0v) is 9.14. The highest BCUT2D eigenvalue weighted by Gasteiger charge is 2.16. The Labute approximate surface area is 91.1 Å². The lowest BCUT2D eigenvalue weighted by Gasteiger charge is -2.09. The van der Waals surface area contributed by atoms with Crippen molar-refractivity contribution >= 4 is 12.4 Å². The van der Waals surface area contributed by atoms with Gasteiger partial charge in [0.05, 0.1) is 7.11 Å². The Kier molecular flexibility index (Phi) is 4.23. The van der Waals surface area contributed by atoms with Crippen molar-refractivity contribution in [1.29, 1.82) is 0 Å². The summed E-state index contributed by atoms with van der Waals surface area (Å²) in [4.78, 5) is 0. The second-order valence-corrected chi connectivity index (χ2v) is 3.47. The first-order chi connectivity index (χ1) is 6.40. The Hall–Kier alpha value is -0.730. The molecular formula is C11H16ClNO. The molecule has 14 heavy (non-hydrogen) atoms. The lowest BCUT2D eigenvalue weighted by atomic mass is 9.98. The highest BCUT2D eigenvalue weighted by molar-refractivity contribution is 5.85. The molecular weight excluding hydrogens is 198 g/mol. The molecule has 1 N–H and O–H groups in total. The number of benzene rings is 1. The Morgan fingerprint density at radius 1 is 1.43 bits per heavy atom. The number of halogens is 1. The van der Waals surface area contributed by atoms with Crippen molar-refractivity contribution in [2.45, 2.75) is 12.3 Å². The van der Waals surface area contributed by atoms with Gasteiger partial charge in [-0.1, -0.05) is 12.1 Å². The van der Waals surface area contributed by atoms with E-state index in [0.717, 1.165) is 18.8 Å². The Bertz CT molecular complexity index is 284. The maximum absolute atomic E-state index is 5.19. The van der Waals surface area contributed by atoms with E-state index in [1.54, 1.807) is 7.11 Å². The molecule has 1 aromatic carbocycles. The molecule has 3 heteroatoms. The molecule has 0 bridgehead atoms. The predicted molar refractivity (Wildman–Crippen MR) is 60.5 cm³/mol. The molecule has 0 aromatic heterocycles. The first kappa shape index (κ1) is 11.3. The van der Waals surface area contributed by atoms with Crippen molar-refractivity contribution in [3.05, 3.63) is 29.8 Å². The molecule has 0 radical (unpaired) electrons. The Morgan fingerprint density at radius 2 is 2.29 bits per heavy atom. The van der Waals surface area contributed by atoms with E-state index < -0.39 is 0 Å². The first-order valence-corrected chi connectivity index (χ1v) is 4.75. The molecule has 0 saturated carbocycles. The van der Waals surface area contributed by atoms with E-state index in [4.69, 9.17) is 4.74 Å². The van der Waals surface area contributed by atoms with Crippen LogP contribution in [-0.4, -0.2) is 20.2 Å². The third-order valence-corrected chi connectivity index (χ3v) is 2.63. The summed E-state index contributed by atoms with van der Waals surface area (Å²) in [6.07, 6.45) is 1.24. The van der Waals surface area contributed by atoms with Gasteiger partial charge in [0.25, 0.3) is 0 Å². The molecule has 2 nitrogen and oxygen atoms in total. The molecule has 0 amide bonds. The summed E-state index contributed by atoms with van der Waals surface area (Å²) < 4.78 is 5.19. The van der Waals surface area contributed by atoms with E-state index in [-0.39, 0.29) is 12.4 Å². The second kappa shape index (κ2) is 5.23. The quantitative estimate of drug-likeness (QED) is 0.814. The van der Waals surface area contributed by atoms with Crippen molar-refractivity contribution in [2.24, 2.45) is 0 Å². The summed E-state index contributed by atoms with van der Waals surface area (Å²) in [5.74, 6) is 1.64. The van der Waals surface area contributed by atoms with Crippen LogP contribution >= 0.6 is 12.4 Å². The Balaban J connectivity index is 0.000000980. The summed E-state index contributed by atoms with van der Waals surface area (Å²) >= 11 is 0. The molecule has 0 aliphatic carbocycles. The van der Waals surface area contributed by atoms with Gasteiger partial charge < -0.3 is 10.1 Å². The fraction of sp³-hybridized carbons (Fsp3) is 0.455. The minimum atomic E-state index is 0. The smallest absolute Gasteiger partial charge is 0.119 e. The van der Waals surface area contributed by atoms with E-state index in [2.05, 4.69) is 23.5 Å². The summed E-state index contributed by atoms with van der Waals surface area (Å²) in [6.45, 7) is 2.25. The number of hydrogen-bond donors (Lipinski definition) is 1. The number of hydrogen-bond acceptors (Lipinski definition) is 2. The fourth-order valence-electron chi connectivity index (χ4n) is 1.83. The fourth-order valence-corrected chi connectivity index (χ4v) is 1.83. The molecule has 0 unspecified atom stereocenters. The van der Waals surface area contributed by atoms with Gasteiger partial charge in [0.2, 0.25) is 0 Å². The highest BCUT2D eigenvalue weighted by Crippen LogP contribution is 2.25. The third kappa shape index (κ3) is 2.40. The minimum absolute atomic E-state index is 0. The molecule has 1 fully saturated rings. The average molecular weight is 214 g/mol. The van der Waals surface area contributed by atoms with Gasteiger partial charge in [-0.25, -0.2) is 0 Å². The normalized spacial score (nSPS) is 20.2. The summed E-state index contributed by atoms with van der Waals surface area (Å²) in [5.41, 5.74) is 1.39. The van der Waals surface area contributed by atoms with Gasteiger partial charge in [-0.15, -0.1) is 12.4 Å². The number of nitrogens with one attached hydrogen (secondary N) is 1. The van der Waals surface area contributed by atoms with Crippen LogP contribution in [0, 0.1) is 0 Å². The molecule has 0 spiro atoms. The lowest BCUT2D eigenvalue weighted by Crippen LogP contribution is -2.07. The van der Waals surface area contributed by atoms with Gasteiger partial charge in [-0.2, -0.15) is 0 Å². The van der Waals surface area contributed by atoms with Gasteiger partial charge in [-0.3, -0.25) is 0 Å². The zero-order chi connectivity index (χ0) is 9.10. The topological polar surface area (TPSA) is 21.3 Å². The van der Waals surface area contributed by atoms with Crippen molar-refractivity contribution < 1.29 is 4.74 Å². The Morgan fingerprint density at radius 3 is 2.93 bits per heavy atom. The lowest BCUT2D eigenvalue weighted by molar-refractivity contribution is 0.414. The van der Waals surface area contributed by atoms with Crippen LogP contribution < -0.4 is 10.1 Å². The van der Waals surface area contributed by atoms with Crippen LogP contribution in [0.4, 0.5) is 0 Å². The summed E-state index contributed by atoms with van der Waals surface area (Å²) in [6, 6.07) is 8.37. The molecule has 1 heterocycles. The van der Waals surface area contributed by atoms with Crippen molar-refractivity contribution in [3.8, 4) is 5.75 Å². The van der Waals surface area contributed by atoms with E-state index in [0.29, 0.717) is 5.92 Å². The number of rotatable bonds is 2. The van der Waals surface area contributed by atoms with Gasteiger partial charge in [0.1, 0.15) is 5.75 Å². The van der Waals surface area contributed by atoms with Crippen molar-refractivity contribution in [1.82, 2.24) is 5.32 Å². The molecule has 1 saturated heterocycles. The van der Waals surface area contributed by atoms with Gasteiger partial charge >= 0.3 is 0 Å². The van der Waals surface area contributed by atoms with E-state index in [9.17, 15) is 0 Å². The van der Waals surface area contributed by atoms with Gasteiger partial charge in [0.15, 0.2) is 0 Å². The van der Waals surface area contributed by atoms with Crippen LogP contribution in [0.15, 0.2) is 24.3 Å². The SMILES string of the molecule is COc1cccc([C@H]2CCNC2)c1.Cl. The zero-order valence-electron chi connectivity index (χ0n) is 8.32. The van der Waals surface area contributed by atoms with Crippen LogP contribution in [0.1, 0.15) is 17.9 Å². The molecule has 1 aliphatic heterocycles. The minimum Gasteiger partial charge on any atom is -0.497 e. The van der Waals surface area contributed by atoms with E-state index >= 15 is 0 Å². The van der Waals surface area contributed by atoms with Crippen LogP contribution in [-0.2, 0) is 0 Å². The van der Waals surface area contributed by atoms with E-state index in [1.807, 2.05) is 6.07 Å². The number of methoxy groups -OCH3 is 1. The largest absolute Gasteiger partial charge is 0.497 e. The van der Waals surface area contributed by atoms with Gasteiger partial charge in [0, 0.05) is 6.54 Å². The van der Waals surface area contributed by atoms with Crippen LogP contribution in [0.2, 0.25) is 0 Å². The predicted octanol–water partition coefficient (Wildman–Crippen LogP) is 2.19.